The number of amides is 1. The van der Waals surface area contributed by atoms with Crippen LogP contribution in [0.5, 0.6) is 0 Å². The molecule has 9 heteroatoms. The number of carbonyl (C=O) groups excluding carboxylic acids is 1. The molecule has 122 valence electrons. The Morgan fingerprint density at radius 3 is 2.38 bits per heavy atom. The molecule has 0 saturated carbocycles. The molecule has 1 aromatic rings. The summed E-state index contributed by atoms with van der Waals surface area (Å²) in [6, 6.07) is 6.09. The van der Waals surface area contributed by atoms with Gasteiger partial charge in [-0.15, -0.1) is 0 Å². The minimum absolute atomic E-state index is 0. The average molecular weight is 556 g/mol. The predicted molar refractivity (Wildman–Crippen MR) is 71.3 cm³/mol. The number of aliphatic carboxylic acids is 1. The predicted octanol–water partition coefficient (Wildman–Crippen LogP) is -0.273. The first-order valence-corrected chi connectivity index (χ1v) is 7.20. The van der Waals surface area contributed by atoms with Crippen LogP contribution < -0.4 is 5.32 Å². The quantitative estimate of drug-likeness (QED) is 0.261. The molecule has 1 rings (SSSR count). The minimum atomic E-state index is -3.91. The van der Waals surface area contributed by atoms with Gasteiger partial charge in [-0.2, -0.15) is 10.7 Å². The molecule has 0 heterocycles. The van der Waals surface area contributed by atoms with Crippen LogP contribution in [0.3, 0.4) is 0 Å². The maximum atomic E-state index is 12.3. The van der Waals surface area contributed by atoms with E-state index in [0.717, 1.165) is 9.87 Å². The number of aryl methyl sites for hydroxylation is 1. The van der Waals surface area contributed by atoms with Gasteiger partial charge in [0, 0.05) is 6.54 Å². The van der Waals surface area contributed by atoms with Crippen molar-refractivity contribution in [3.63, 3.8) is 0 Å². The van der Waals surface area contributed by atoms with Gasteiger partial charge in [-0.1, -0.05) is 17.7 Å². The fourth-order valence-electron chi connectivity index (χ4n) is 1.53. The summed E-state index contributed by atoms with van der Waals surface area (Å²) in [6.07, 6.45) is 1.41. The molecule has 0 atom stereocenters. The Balaban J connectivity index is 0.00000400. The molecule has 0 radical (unpaired) electrons. The van der Waals surface area contributed by atoms with E-state index in [1.807, 2.05) is 6.92 Å². The molecule has 0 aromatic heterocycles. The van der Waals surface area contributed by atoms with E-state index in [4.69, 9.17) is 5.11 Å². The Kier molecular flexibility index (Phi) is 6.55. The third-order valence-electron chi connectivity index (χ3n) is 2.53. The van der Waals surface area contributed by atoms with E-state index in [-0.39, 0.29) is 18.0 Å². The number of sulfonamides is 1. The molecule has 0 saturated heterocycles. The molecule has 0 bridgehead atoms. The third kappa shape index (κ3) is 4.92. The van der Waals surface area contributed by atoms with Gasteiger partial charge in [-0.05, 0) is 25.6 Å². The molecule has 0 spiro atoms. The summed E-state index contributed by atoms with van der Waals surface area (Å²) in [7, 11) is -3.91. The Morgan fingerprint density at radius 1 is 1.33 bits per heavy atom. The molecule has 0 aliphatic carbocycles. The zero-order chi connectivity index (χ0) is 15.2. The van der Waals surface area contributed by atoms with Crippen LogP contribution in [0.15, 0.2) is 29.2 Å². The van der Waals surface area contributed by atoms with E-state index in [1.165, 1.54) is 18.5 Å². The monoisotopic (exact) mass is 556 g/mol. The SMILES string of the molecule is Cc1ccc(S(=O)(=O)N(CCN[C-]=O)CC(=O)O)cc1.[Fm]. The van der Waals surface area contributed by atoms with Gasteiger partial charge in [0.2, 0.25) is 10.0 Å². The number of hydrogen-bond acceptors (Lipinski definition) is 4. The van der Waals surface area contributed by atoms with Crippen molar-refractivity contribution in [2.45, 2.75) is 11.8 Å². The van der Waals surface area contributed by atoms with Crippen molar-refractivity contribution < 1.29 is 23.1 Å². The van der Waals surface area contributed by atoms with E-state index in [9.17, 15) is 18.0 Å². The van der Waals surface area contributed by atoms with Gasteiger partial charge in [-0.3, -0.25) is 4.79 Å². The first kappa shape index (κ1) is 18.1. The van der Waals surface area contributed by atoms with E-state index < -0.39 is 22.5 Å². The van der Waals surface area contributed by atoms with Crippen molar-refractivity contribution in [1.82, 2.24) is 9.62 Å². The number of benzene rings is 1. The Morgan fingerprint density at radius 2 is 1.90 bits per heavy atom. The summed E-state index contributed by atoms with van der Waals surface area (Å²) >= 11 is 0. The van der Waals surface area contributed by atoms with Crippen molar-refractivity contribution in [1.29, 1.82) is 0 Å². The average Bonchev–Trinajstić information content (AvgIpc) is 2.38. The molecule has 0 fully saturated rings. The summed E-state index contributed by atoms with van der Waals surface area (Å²) in [6.45, 7) is 0.992. The smallest absolute Gasteiger partial charge is 0.318 e. The fraction of sp³-hybridized carbons (Fsp3) is 0.333. The van der Waals surface area contributed by atoms with E-state index in [2.05, 4.69) is 5.32 Å². The largest absolute Gasteiger partial charge is 0.529 e. The van der Waals surface area contributed by atoms with Gasteiger partial charge in [0.15, 0.2) is 0 Å². The first-order chi connectivity index (χ1) is 9.37. The first-order valence-electron chi connectivity index (χ1n) is 5.76. The van der Waals surface area contributed by atoms with Gasteiger partial charge < -0.3 is 15.2 Å². The van der Waals surface area contributed by atoms with Crippen LogP contribution >= 0.6 is 0 Å². The Bertz CT molecular complexity index is 574. The van der Waals surface area contributed by atoms with Gasteiger partial charge >= 0.3 is 5.97 Å². The summed E-state index contributed by atoms with van der Waals surface area (Å²) in [4.78, 5) is 20.8. The Labute approximate surface area is 117 Å². The van der Waals surface area contributed by atoms with Crippen molar-refractivity contribution in [3.8, 4) is 0 Å². The molecular weight excluding hydrogens is 541 g/mol. The van der Waals surface area contributed by atoms with Crippen molar-refractivity contribution in [2.24, 2.45) is 0 Å². The number of carboxylic acid groups (broad SMARTS) is 1. The van der Waals surface area contributed by atoms with E-state index in [1.54, 1.807) is 12.1 Å². The number of carboxylic acids is 1. The van der Waals surface area contributed by atoms with E-state index in [0.29, 0.717) is 0 Å². The minimum Gasteiger partial charge on any atom is -0.529 e. The summed E-state index contributed by atoms with van der Waals surface area (Å²) in [5.74, 6) is -1.27. The van der Waals surface area contributed by atoms with Crippen LogP contribution in [0.2, 0.25) is 0 Å². The number of rotatable bonds is 8. The molecule has 2 N–H and O–H groups in total. The van der Waals surface area contributed by atoms with Crippen LogP contribution in [0, 0.1) is 6.92 Å². The number of nitrogens with zero attached hydrogens (tertiary/aromatic N) is 1. The van der Waals surface area contributed by atoms with Crippen LogP contribution in [0.1, 0.15) is 5.56 Å². The maximum Gasteiger partial charge on any atom is 0.318 e. The molecule has 1 amide bonds. The van der Waals surface area contributed by atoms with Gasteiger partial charge in [-0.25, -0.2) is 8.42 Å². The van der Waals surface area contributed by atoms with Crippen molar-refractivity contribution in [2.75, 3.05) is 19.6 Å². The summed E-state index contributed by atoms with van der Waals surface area (Å²) in [5.41, 5.74) is 0.894. The second-order valence-corrected chi connectivity index (χ2v) is 6.01. The topological polar surface area (TPSA) is 104 Å². The molecule has 1 aromatic carbocycles. The Hall–Kier alpha value is -2.93. The number of nitrogens with one attached hydrogen (secondary N) is 1. The number of carbonyl (C=O) groups is 1. The van der Waals surface area contributed by atoms with Gasteiger partial charge in [0.05, 0.1) is 4.90 Å². The molecule has 0 aliphatic rings. The van der Waals surface area contributed by atoms with Crippen LogP contribution in [0.4, 0.5) is 0 Å². The second kappa shape index (κ2) is 7.61. The van der Waals surface area contributed by atoms with Crippen LogP contribution in [-0.4, -0.2) is 49.8 Å². The van der Waals surface area contributed by atoms with Crippen LogP contribution in [-0.2, 0) is 19.6 Å². The normalized spacial score (nSPS) is 10.8. The van der Waals surface area contributed by atoms with Crippen molar-refractivity contribution >= 4 is 22.4 Å². The molecule has 0 aliphatic heterocycles. The van der Waals surface area contributed by atoms with Gasteiger partial charge in [0.1, 0.15) is 6.54 Å². The maximum absolute atomic E-state index is 12.3. The molecule has 7 nitrogen and oxygen atoms in total. The third-order valence-corrected chi connectivity index (χ3v) is 4.39. The zero-order valence-corrected chi connectivity index (χ0v) is 14.4. The van der Waals surface area contributed by atoms with Crippen molar-refractivity contribution in [3.05, 3.63) is 29.8 Å². The summed E-state index contributed by atoms with van der Waals surface area (Å²) < 4.78 is 25.4. The summed E-state index contributed by atoms with van der Waals surface area (Å²) in [5, 5.41) is 11.0. The molecular formula is C12H15FmN2O5S-. The second-order valence-electron chi connectivity index (χ2n) is 4.07. The molecule has 21 heavy (non-hydrogen) atoms. The van der Waals surface area contributed by atoms with Crippen LogP contribution in [0.25, 0.3) is 0 Å². The zero-order valence-electron chi connectivity index (χ0n) is 11.2. The van der Waals surface area contributed by atoms with E-state index >= 15 is 0 Å². The fourth-order valence-corrected chi connectivity index (χ4v) is 2.92. The number of hydrogen-bond donors (Lipinski definition) is 2. The van der Waals surface area contributed by atoms with Gasteiger partial charge in [0.25, 0.3) is 0 Å². The molecule has 0 unspecified atom stereocenters. The standard InChI is InChI=1S/C12H15N2O5S.Fm/c1-10-2-4-11(5-3-10)20(18,19)14(8-12(16)17)7-6-13-9-15;/h2-5H,6-8H2,1H3,(H,13,15)(H,16,17);/q-1;.